The van der Waals surface area contributed by atoms with Gasteiger partial charge in [-0.1, -0.05) is 28.1 Å². The molecule has 3 nitrogen and oxygen atoms in total. The molecule has 17 heavy (non-hydrogen) atoms. The lowest BCUT2D eigenvalue weighted by Crippen LogP contribution is -2.43. The van der Waals surface area contributed by atoms with Gasteiger partial charge >= 0.3 is 6.09 Å². The van der Waals surface area contributed by atoms with Gasteiger partial charge in [-0.05, 0) is 39.5 Å². The van der Waals surface area contributed by atoms with Gasteiger partial charge in [0.05, 0.1) is 0 Å². The van der Waals surface area contributed by atoms with Crippen LogP contribution in [0.4, 0.5) is 4.79 Å². The minimum Gasteiger partial charge on any atom is -0.444 e. The fraction of sp³-hybridized carbons (Fsp3) is 0.769. The Kier molecular flexibility index (Phi) is 5.04. The first-order valence-corrected chi connectivity index (χ1v) is 7.17. The van der Waals surface area contributed by atoms with E-state index in [0.717, 1.165) is 31.3 Å². The highest BCUT2D eigenvalue weighted by Gasteiger charge is 2.28. The quantitative estimate of drug-likeness (QED) is 0.576. The first-order chi connectivity index (χ1) is 7.83. The predicted molar refractivity (Wildman–Crippen MR) is 73.5 cm³/mol. The molecule has 1 saturated heterocycles. The van der Waals surface area contributed by atoms with E-state index in [-0.39, 0.29) is 6.09 Å². The summed E-state index contributed by atoms with van der Waals surface area (Å²) in [6.07, 6.45) is 1.93. The highest BCUT2D eigenvalue weighted by Crippen LogP contribution is 2.24. The van der Waals surface area contributed by atoms with Crippen molar-refractivity contribution < 1.29 is 9.53 Å². The number of hydrogen-bond acceptors (Lipinski definition) is 2. The van der Waals surface area contributed by atoms with Crippen LogP contribution >= 0.6 is 15.9 Å². The lowest BCUT2D eigenvalue weighted by molar-refractivity contribution is 0.0183. The highest BCUT2D eigenvalue weighted by atomic mass is 79.9. The second-order valence-corrected chi connectivity index (χ2v) is 6.12. The van der Waals surface area contributed by atoms with Gasteiger partial charge in [0.1, 0.15) is 5.60 Å². The van der Waals surface area contributed by atoms with E-state index in [1.165, 1.54) is 5.57 Å². The first-order valence-electron chi connectivity index (χ1n) is 6.05. The zero-order valence-electron chi connectivity index (χ0n) is 11.0. The lowest BCUT2D eigenvalue weighted by atomic mass is 9.92. The van der Waals surface area contributed by atoms with E-state index in [1.807, 2.05) is 20.8 Å². The molecule has 1 atom stereocenters. The summed E-state index contributed by atoms with van der Waals surface area (Å²) < 4.78 is 5.38. The van der Waals surface area contributed by atoms with Gasteiger partial charge in [0.2, 0.25) is 0 Å². The smallest absolute Gasteiger partial charge is 0.410 e. The summed E-state index contributed by atoms with van der Waals surface area (Å²) in [5, 5.41) is 0.805. The van der Waals surface area contributed by atoms with Crippen LogP contribution in [0.2, 0.25) is 0 Å². The van der Waals surface area contributed by atoms with Gasteiger partial charge in [0.25, 0.3) is 0 Å². The molecule has 4 heteroatoms. The van der Waals surface area contributed by atoms with E-state index in [2.05, 4.69) is 22.5 Å². The second kappa shape index (κ2) is 5.89. The van der Waals surface area contributed by atoms with E-state index in [1.54, 1.807) is 4.90 Å². The van der Waals surface area contributed by atoms with Crippen LogP contribution < -0.4 is 0 Å². The topological polar surface area (TPSA) is 29.5 Å². The molecule has 1 aliphatic rings. The van der Waals surface area contributed by atoms with Crippen LogP contribution in [0.1, 0.15) is 33.6 Å². The Morgan fingerprint density at radius 3 is 2.71 bits per heavy atom. The van der Waals surface area contributed by atoms with Gasteiger partial charge in [-0.3, -0.25) is 0 Å². The number of likely N-dealkylation sites (tertiary alicyclic amines) is 1. The number of amides is 1. The number of carbonyl (C=O) groups excluding carboxylic acids is 1. The molecule has 1 aliphatic heterocycles. The van der Waals surface area contributed by atoms with Crippen LogP contribution in [0, 0.1) is 5.92 Å². The third kappa shape index (κ3) is 4.70. The molecule has 0 bridgehead atoms. The molecule has 0 saturated carbocycles. The fourth-order valence-electron chi connectivity index (χ4n) is 1.91. The van der Waals surface area contributed by atoms with Crippen LogP contribution in [0.5, 0.6) is 0 Å². The Labute approximate surface area is 112 Å². The third-order valence-electron chi connectivity index (χ3n) is 2.82. The molecule has 0 N–H and O–H groups in total. The van der Waals surface area contributed by atoms with E-state index in [4.69, 9.17) is 4.74 Å². The zero-order valence-corrected chi connectivity index (χ0v) is 12.5. The van der Waals surface area contributed by atoms with E-state index < -0.39 is 5.60 Å². The number of hydrogen-bond donors (Lipinski definition) is 0. The van der Waals surface area contributed by atoms with Gasteiger partial charge in [-0.2, -0.15) is 0 Å². The molecule has 0 aromatic rings. The minimum absolute atomic E-state index is 0.204. The maximum absolute atomic E-state index is 11.9. The van der Waals surface area contributed by atoms with Crippen LogP contribution in [-0.4, -0.2) is 35.0 Å². The Morgan fingerprint density at radius 1 is 1.53 bits per heavy atom. The van der Waals surface area contributed by atoms with Crippen molar-refractivity contribution in [1.29, 1.82) is 0 Å². The van der Waals surface area contributed by atoms with Crippen molar-refractivity contribution in [2.45, 2.75) is 39.2 Å². The molecular formula is C13H22BrNO2. The molecule has 0 aromatic carbocycles. The molecule has 98 valence electrons. The Bertz CT molecular complexity index is 296. The van der Waals surface area contributed by atoms with Gasteiger partial charge in [-0.25, -0.2) is 4.79 Å². The second-order valence-electron chi connectivity index (χ2n) is 5.56. The van der Waals surface area contributed by atoms with Crippen molar-refractivity contribution in [3.05, 3.63) is 12.2 Å². The normalized spacial score (nSPS) is 21.2. The monoisotopic (exact) mass is 303 g/mol. The number of piperidine rings is 1. The van der Waals surface area contributed by atoms with Gasteiger partial charge in [0.15, 0.2) is 0 Å². The number of carbonyl (C=O) groups is 1. The van der Waals surface area contributed by atoms with Crippen molar-refractivity contribution in [3.63, 3.8) is 0 Å². The molecule has 1 amide bonds. The molecule has 1 heterocycles. The Hall–Kier alpha value is -0.510. The molecule has 1 fully saturated rings. The molecule has 0 spiro atoms. The van der Waals surface area contributed by atoms with Crippen molar-refractivity contribution in [1.82, 2.24) is 4.90 Å². The average Bonchev–Trinajstić information content (AvgIpc) is 2.26. The van der Waals surface area contributed by atoms with Gasteiger partial charge < -0.3 is 9.64 Å². The van der Waals surface area contributed by atoms with Crippen LogP contribution in [-0.2, 0) is 4.74 Å². The van der Waals surface area contributed by atoms with Crippen molar-refractivity contribution >= 4 is 22.0 Å². The molecular weight excluding hydrogens is 282 g/mol. The minimum atomic E-state index is -0.420. The van der Waals surface area contributed by atoms with E-state index in [9.17, 15) is 4.79 Å². The van der Waals surface area contributed by atoms with Crippen LogP contribution in [0.3, 0.4) is 0 Å². The van der Waals surface area contributed by atoms with E-state index in [0.29, 0.717) is 5.92 Å². The Morgan fingerprint density at radius 2 is 2.18 bits per heavy atom. The number of halogens is 1. The molecule has 0 aromatic heterocycles. The Balaban J connectivity index is 2.55. The van der Waals surface area contributed by atoms with Gasteiger partial charge in [0, 0.05) is 18.4 Å². The summed E-state index contributed by atoms with van der Waals surface area (Å²) >= 11 is 3.42. The molecule has 1 unspecified atom stereocenters. The van der Waals surface area contributed by atoms with Crippen LogP contribution in [0.25, 0.3) is 0 Å². The van der Waals surface area contributed by atoms with Crippen molar-refractivity contribution in [2.24, 2.45) is 5.92 Å². The summed E-state index contributed by atoms with van der Waals surface area (Å²) in [5.74, 6) is 0.399. The number of ether oxygens (including phenoxy) is 1. The average molecular weight is 304 g/mol. The summed E-state index contributed by atoms with van der Waals surface area (Å²) in [6, 6.07) is 0. The zero-order chi connectivity index (χ0) is 13.1. The SMILES string of the molecule is C=C(CBr)C1CCCN(C(=O)OC(C)(C)C)C1. The number of rotatable bonds is 2. The summed E-state index contributed by atoms with van der Waals surface area (Å²) in [6.45, 7) is 11.2. The van der Waals surface area contributed by atoms with Crippen LogP contribution in [0.15, 0.2) is 12.2 Å². The maximum Gasteiger partial charge on any atom is 0.410 e. The first kappa shape index (κ1) is 14.6. The maximum atomic E-state index is 11.9. The lowest BCUT2D eigenvalue weighted by Gasteiger charge is -2.34. The summed E-state index contributed by atoms with van der Waals surface area (Å²) in [5.41, 5.74) is 0.745. The van der Waals surface area contributed by atoms with E-state index >= 15 is 0 Å². The van der Waals surface area contributed by atoms with Crippen molar-refractivity contribution in [3.8, 4) is 0 Å². The molecule has 1 rings (SSSR count). The van der Waals surface area contributed by atoms with Gasteiger partial charge in [-0.15, -0.1) is 0 Å². The largest absolute Gasteiger partial charge is 0.444 e. The fourth-order valence-corrected chi connectivity index (χ4v) is 2.37. The highest BCUT2D eigenvalue weighted by molar-refractivity contribution is 9.09. The summed E-state index contributed by atoms with van der Waals surface area (Å²) in [7, 11) is 0. The molecule has 0 aliphatic carbocycles. The summed E-state index contributed by atoms with van der Waals surface area (Å²) in [4.78, 5) is 13.7. The number of alkyl halides is 1. The molecule has 0 radical (unpaired) electrons. The number of nitrogens with zero attached hydrogens (tertiary/aromatic N) is 1. The van der Waals surface area contributed by atoms with Crippen molar-refractivity contribution in [2.75, 3.05) is 18.4 Å². The predicted octanol–water partition coefficient (Wildman–Crippen LogP) is 3.58. The third-order valence-corrected chi connectivity index (χ3v) is 3.54. The standard InChI is InChI=1S/C13H22BrNO2/c1-10(8-14)11-6-5-7-15(9-11)12(16)17-13(2,3)4/h11H,1,5-9H2,2-4H3.